The Bertz CT molecular complexity index is 847. The van der Waals surface area contributed by atoms with Gasteiger partial charge in [0.15, 0.2) is 11.5 Å². The summed E-state index contributed by atoms with van der Waals surface area (Å²) in [4.78, 5) is 13.1. The Balaban J connectivity index is 2.04. The lowest BCUT2D eigenvalue weighted by Crippen LogP contribution is -2.12. The zero-order valence-electron chi connectivity index (χ0n) is 13.1. The Hall–Kier alpha value is -2.50. The zero-order valence-corrected chi connectivity index (χ0v) is 14.7. The van der Waals surface area contributed by atoms with Crippen molar-refractivity contribution >= 4 is 29.1 Å². The van der Waals surface area contributed by atoms with Gasteiger partial charge in [0.05, 0.1) is 15.6 Å². The average Bonchev–Trinajstić information content (AvgIpc) is 2.98. The minimum Gasteiger partial charge on any atom is -0.503 e. The smallest absolute Gasteiger partial charge is 0.503 e. The number of carbonyl (C=O) groups is 1. The topological polar surface area (TPSA) is 55.8 Å². The van der Waals surface area contributed by atoms with Gasteiger partial charge in [-0.1, -0.05) is 60.7 Å². The molecule has 0 amide bonds. The molecule has 6 heteroatoms. The largest absolute Gasteiger partial charge is 0.514 e. The predicted molar refractivity (Wildman–Crippen MR) is 99.6 cm³/mol. The number of halogens is 1. The van der Waals surface area contributed by atoms with E-state index in [0.29, 0.717) is 9.75 Å². The number of alkyl halides is 1. The van der Waals surface area contributed by atoms with Crippen LogP contribution in [0.4, 0.5) is 4.79 Å². The summed E-state index contributed by atoms with van der Waals surface area (Å²) in [5.41, 5.74) is 1.68. The normalized spacial score (nSPS) is 10.4. The van der Waals surface area contributed by atoms with Crippen molar-refractivity contribution < 1.29 is 19.4 Å². The third-order valence-corrected chi connectivity index (χ3v) is 4.81. The maximum absolute atomic E-state index is 11.8. The minimum absolute atomic E-state index is 0.0392. The number of aromatic hydroxyl groups is 1. The first-order valence-corrected chi connectivity index (χ1v) is 8.93. The van der Waals surface area contributed by atoms with Gasteiger partial charge >= 0.3 is 6.16 Å². The Labute approximate surface area is 154 Å². The number of hydrogen-bond acceptors (Lipinski definition) is 5. The summed E-state index contributed by atoms with van der Waals surface area (Å²) >= 11 is 6.86. The van der Waals surface area contributed by atoms with Crippen molar-refractivity contribution in [3.05, 3.63) is 60.7 Å². The van der Waals surface area contributed by atoms with Crippen molar-refractivity contribution in [1.82, 2.24) is 0 Å². The Morgan fingerprint density at radius 1 is 0.960 bits per heavy atom. The summed E-state index contributed by atoms with van der Waals surface area (Å²) < 4.78 is 10.1. The van der Waals surface area contributed by atoms with Crippen molar-refractivity contribution in [3.63, 3.8) is 0 Å². The number of carbonyl (C=O) groups excluding carboxylic acids is 1. The van der Waals surface area contributed by atoms with Gasteiger partial charge in [0.2, 0.25) is 0 Å². The van der Waals surface area contributed by atoms with E-state index in [9.17, 15) is 9.90 Å². The van der Waals surface area contributed by atoms with Crippen LogP contribution in [-0.2, 0) is 4.74 Å². The molecule has 1 N–H and O–H groups in total. The molecule has 0 bridgehead atoms. The molecule has 0 radical (unpaired) electrons. The fourth-order valence-electron chi connectivity index (χ4n) is 2.30. The highest BCUT2D eigenvalue weighted by atomic mass is 35.5. The van der Waals surface area contributed by atoms with Crippen LogP contribution in [0.5, 0.6) is 11.5 Å². The van der Waals surface area contributed by atoms with Crippen LogP contribution in [0, 0.1) is 0 Å². The maximum Gasteiger partial charge on any atom is 0.514 e. The van der Waals surface area contributed by atoms with E-state index in [4.69, 9.17) is 21.1 Å². The zero-order chi connectivity index (χ0) is 17.6. The van der Waals surface area contributed by atoms with Crippen LogP contribution >= 0.6 is 22.9 Å². The van der Waals surface area contributed by atoms with E-state index in [1.165, 1.54) is 11.3 Å². The summed E-state index contributed by atoms with van der Waals surface area (Å²) in [6.07, 6.45) is -0.898. The van der Waals surface area contributed by atoms with Gasteiger partial charge in [-0.25, -0.2) is 4.79 Å². The standard InChI is InChI=1S/C19H15ClO4S/c20-11-12-23-19(22)24-16-15(21)17(13-7-3-1-4-8-13)25-18(16)14-9-5-2-6-10-14/h1-10,21H,11-12H2. The Morgan fingerprint density at radius 3 is 2.08 bits per heavy atom. The molecule has 3 rings (SSSR count). The van der Waals surface area contributed by atoms with Crippen LogP contribution in [-0.4, -0.2) is 23.7 Å². The molecule has 2 aromatic carbocycles. The van der Waals surface area contributed by atoms with E-state index in [2.05, 4.69) is 0 Å². The van der Waals surface area contributed by atoms with Gasteiger partial charge in [0.25, 0.3) is 0 Å². The van der Waals surface area contributed by atoms with Crippen LogP contribution < -0.4 is 4.74 Å². The molecule has 1 heterocycles. The quantitative estimate of drug-likeness (QED) is 0.470. The Morgan fingerprint density at radius 2 is 1.52 bits per heavy atom. The summed E-state index contributed by atoms with van der Waals surface area (Å²) in [6.45, 7) is 0.0392. The minimum atomic E-state index is -0.898. The molecular formula is C19H15ClO4S. The lowest BCUT2D eigenvalue weighted by Gasteiger charge is -2.06. The van der Waals surface area contributed by atoms with E-state index in [0.717, 1.165) is 11.1 Å². The van der Waals surface area contributed by atoms with E-state index >= 15 is 0 Å². The molecule has 0 fully saturated rings. The van der Waals surface area contributed by atoms with Crippen molar-refractivity contribution in [1.29, 1.82) is 0 Å². The number of thiophene rings is 1. The first kappa shape index (κ1) is 17.3. The molecule has 128 valence electrons. The summed E-state index contributed by atoms with van der Waals surface area (Å²) in [5.74, 6) is 0.179. The summed E-state index contributed by atoms with van der Waals surface area (Å²) in [6, 6.07) is 18.9. The fourth-order valence-corrected chi connectivity index (χ4v) is 3.51. The molecule has 25 heavy (non-hydrogen) atoms. The number of benzene rings is 2. The van der Waals surface area contributed by atoms with Gasteiger partial charge < -0.3 is 14.6 Å². The molecule has 0 aliphatic carbocycles. The molecule has 4 nitrogen and oxygen atoms in total. The van der Waals surface area contributed by atoms with Crippen LogP contribution in [0.3, 0.4) is 0 Å². The predicted octanol–water partition coefficient (Wildman–Crippen LogP) is 5.54. The highest BCUT2D eigenvalue weighted by molar-refractivity contribution is 7.19. The lowest BCUT2D eigenvalue weighted by molar-refractivity contribution is 0.104. The van der Waals surface area contributed by atoms with Crippen molar-refractivity contribution in [3.8, 4) is 32.4 Å². The van der Waals surface area contributed by atoms with Crippen molar-refractivity contribution in [2.75, 3.05) is 12.5 Å². The van der Waals surface area contributed by atoms with E-state index in [-0.39, 0.29) is 24.0 Å². The number of ether oxygens (including phenoxy) is 2. The third-order valence-electron chi connectivity index (χ3n) is 3.39. The third kappa shape index (κ3) is 3.95. The number of rotatable bonds is 5. The van der Waals surface area contributed by atoms with Gasteiger partial charge in [-0.05, 0) is 11.1 Å². The highest BCUT2D eigenvalue weighted by Gasteiger charge is 2.24. The lowest BCUT2D eigenvalue weighted by atomic mass is 10.1. The summed E-state index contributed by atoms with van der Waals surface area (Å²) in [5, 5.41) is 10.7. The molecule has 0 aliphatic rings. The van der Waals surface area contributed by atoms with E-state index < -0.39 is 6.16 Å². The molecule has 0 aliphatic heterocycles. The van der Waals surface area contributed by atoms with Crippen molar-refractivity contribution in [2.24, 2.45) is 0 Å². The van der Waals surface area contributed by atoms with Gasteiger partial charge in [0, 0.05) is 0 Å². The first-order valence-electron chi connectivity index (χ1n) is 7.58. The molecule has 0 spiro atoms. The average molecular weight is 375 g/mol. The Kier molecular flexibility index (Phi) is 5.58. The van der Waals surface area contributed by atoms with Crippen LogP contribution in [0.2, 0.25) is 0 Å². The molecule has 0 saturated carbocycles. The SMILES string of the molecule is O=C(OCCCl)Oc1c(-c2ccccc2)sc(-c2ccccc2)c1O. The van der Waals surface area contributed by atoms with E-state index in [1.807, 2.05) is 60.7 Å². The van der Waals surface area contributed by atoms with Gasteiger partial charge in [-0.15, -0.1) is 22.9 Å². The fraction of sp³-hybridized carbons (Fsp3) is 0.105. The molecule has 0 unspecified atom stereocenters. The van der Waals surface area contributed by atoms with Crippen LogP contribution in [0.1, 0.15) is 0 Å². The molecule has 3 aromatic rings. The highest BCUT2D eigenvalue weighted by Crippen LogP contribution is 2.51. The second kappa shape index (κ2) is 8.05. The van der Waals surface area contributed by atoms with Gasteiger partial charge in [0.1, 0.15) is 6.61 Å². The maximum atomic E-state index is 11.8. The molecule has 1 aromatic heterocycles. The van der Waals surface area contributed by atoms with Crippen molar-refractivity contribution in [2.45, 2.75) is 0 Å². The second-order valence-corrected chi connectivity index (χ2v) is 6.46. The molecular weight excluding hydrogens is 360 g/mol. The van der Waals surface area contributed by atoms with Gasteiger partial charge in [-0.2, -0.15) is 0 Å². The van der Waals surface area contributed by atoms with E-state index in [1.54, 1.807) is 0 Å². The van der Waals surface area contributed by atoms with Crippen LogP contribution in [0.25, 0.3) is 20.9 Å². The van der Waals surface area contributed by atoms with Gasteiger partial charge in [-0.3, -0.25) is 0 Å². The first-order chi connectivity index (χ1) is 12.2. The summed E-state index contributed by atoms with van der Waals surface area (Å²) in [7, 11) is 0. The molecule has 0 saturated heterocycles. The number of hydrogen-bond donors (Lipinski definition) is 1. The monoisotopic (exact) mass is 374 g/mol. The van der Waals surface area contributed by atoms with Crippen LogP contribution in [0.15, 0.2) is 60.7 Å². The second-order valence-electron chi connectivity index (χ2n) is 5.06. The molecule has 0 atom stereocenters.